The van der Waals surface area contributed by atoms with Crippen molar-refractivity contribution in [2.75, 3.05) is 0 Å². The summed E-state index contributed by atoms with van der Waals surface area (Å²) in [4.78, 5) is 32.5. The van der Waals surface area contributed by atoms with Crippen molar-refractivity contribution in [3.05, 3.63) is 5.53 Å². The minimum atomic E-state index is -1.04. The van der Waals surface area contributed by atoms with E-state index in [-0.39, 0.29) is 6.42 Å². The first kappa shape index (κ1) is 6.33. The van der Waals surface area contributed by atoms with E-state index in [2.05, 4.69) is 0 Å². The van der Waals surface area contributed by atoms with Crippen molar-refractivity contribution in [1.82, 2.24) is 0 Å². The first-order valence-corrected chi connectivity index (χ1v) is 3.19. The number of nitrogens with zero attached hydrogens (tertiary/aromatic N) is 2. The van der Waals surface area contributed by atoms with E-state index < -0.39 is 29.4 Å². The van der Waals surface area contributed by atoms with E-state index in [1.54, 1.807) is 0 Å². The summed E-state index contributed by atoms with van der Waals surface area (Å²) in [6.07, 6.45) is -0.210. The Bertz CT molecular complexity index is 244. The smallest absolute Gasteiger partial charge is 0.281 e. The number of ketones is 3. The normalized spacial score (nSPS) is 35.6. The van der Waals surface area contributed by atoms with Crippen molar-refractivity contribution in [3.63, 3.8) is 0 Å². The van der Waals surface area contributed by atoms with Crippen LogP contribution in [0.5, 0.6) is 0 Å². The molecule has 0 aromatic heterocycles. The SMILES string of the molecule is [N-]=[N+]1C2C(=O)CC(=O)C1C2=O. The Labute approximate surface area is 61.5 Å². The van der Waals surface area contributed by atoms with Crippen molar-refractivity contribution in [3.8, 4) is 0 Å². The highest BCUT2D eigenvalue weighted by Crippen LogP contribution is 2.25. The largest absolute Gasteiger partial charge is 0.505 e. The zero-order valence-corrected chi connectivity index (χ0v) is 5.48. The quantitative estimate of drug-likeness (QED) is 0.326. The van der Waals surface area contributed by atoms with Gasteiger partial charge in [-0.3, -0.25) is 19.1 Å². The summed E-state index contributed by atoms with van der Waals surface area (Å²) in [5.41, 5.74) is 8.91. The maximum atomic E-state index is 10.8. The van der Waals surface area contributed by atoms with Gasteiger partial charge in [-0.25, -0.2) is 0 Å². The van der Waals surface area contributed by atoms with Gasteiger partial charge >= 0.3 is 0 Å². The molecule has 3 fully saturated rings. The third-order valence-electron chi connectivity index (χ3n) is 2.03. The molecule has 0 spiro atoms. The average Bonchev–Trinajstić information content (AvgIpc) is 1.84. The molecule has 2 saturated heterocycles. The molecule has 0 radical (unpaired) electrons. The van der Waals surface area contributed by atoms with Crippen LogP contribution in [0, 0.1) is 0 Å². The van der Waals surface area contributed by atoms with Crippen molar-refractivity contribution in [2.24, 2.45) is 0 Å². The Morgan fingerprint density at radius 3 is 1.91 bits per heavy atom. The van der Waals surface area contributed by atoms with Gasteiger partial charge in [0.1, 0.15) is 0 Å². The molecule has 0 aromatic carbocycles. The van der Waals surface area contributed by atoms with E-state index in [1.165, 1.54) is 0 Å². The molecule has 5 heteroatoms. The second-order valence-electron chi connectivity index (χ2n) is 2.70. The van der Waals surface area contributed by atoms with Crippen molar-refractivity contribution in [1.29, 1.82) is 0 Å². The number of Topliss-reactive ketones (excluding diaryl/α,β-unsaturated/α-hetero) is 3. The molecule has 0 amide bonds. The van der Waals surface area contributed by atoms with E-state index >= 15 is 0 Å². The van der Waals surface area contributed by atoms with E-state index in [1.807, 2.05) is 0 Å². The zero-order chi connectivity index (χ0) is 8.17. The molecule has 2 bridgehead atoms. The van der Waals surface area contributed by atoms with Gasteiger partial charge in [0.05, 0.1) is 6.42 Å². The van der Waals surface area contributed by atoms with E-state index in [9.17, 15) is 14.4 Å². The van der Waals surface area contributed by atoms with Crippen molar-refractivity contribution < 1.29 is 19.1 Å². The van der Waals surface area contributed by atoms with Crippen molar-refractivity contribution in [2.45, 2.75) is 18.5 Å². The Kier molecular flexibility index (Phi) is 0.925. The van der Waals surface area contributed by atoms with Gasteiger partial charge in [0, 0.05) is 0 Å². The lowest BCUT2D eigenvalue weighted by molar-refractivity contribution is -0.610. The lowest BCUT2D eigenvalue weighted by Gasteiger charge is -2.35. The van der Waals surface area contributed by atoms with E-state index in [4.69, 9.17) is 5.53 Å². The Morgan fingerprint density at radius 1 is 1.18 bits per heavy atom. The number of piperidine rings is 1. The summed E-state index contributed by atoms with van der Waals surface area (Å²) in [7, 11) is 0. The Morgan fingerprint density at radius 2 is 1.64 bits per heavy atom. The summed E-state index contributed by atoms with van der Waals surface area (Å²) in [6.45, 7) is 0. The first-order valence-electron chi connectivity index (χ1n) is 3.19. The number of rotatable bonds is 0. The highest BCUT2D eigenvalue weighted by molar-refractivity contribution is 6.28. The lowest BCUT2D eigenvalue weighted by Crippen LogP contribution is -2.69. The van der Waals surface area contributed by atoms with Crippen LogP contribution in [-0.2, 0) is 14.4 Å². The molecule has 2 heterocycles. The fraction of sp³-hybridized carbons (Fsp3) is 0.500. The predicted octanol–water partition coefficient (Wildman–Crippen LogP) is -1.12. The maximum absolute atomic E-state index is 10.8. The molecule has 56 valence electrons. The molecule has 2 atom stereocenters. The number of carbonyl (C=O) groups excluding carboxylic acids is 3. The first-order chi connectivity index (χ1) is 5.13. The van der Waals surface area contributed by atoms with Crippen LogP contribution in [-0.4, -0.2) is 34.1 Å². The molecule has 5 nitrogen and oxygen atoms in total. The second kappa shape index (κ2) is 1.61. The Balaban J connectivity index is 2.45. The molecule has 3 rings (SSSR count). The number of carbonyl (C=O) groups is 3. The van der Waals surface area contributed by atoms with Crippen LogP contribution >= 0.6 is 0 Å². The van der Waals surface area contributed by atoms with Crippen LogP contribution < -0.4 is 0 Å². The monoisotopic (exact) mass is 152 g/mol. The predicted molar refractivity (Wildman–Crippen MR) is 30.8 cm³/mol. The van der Waals surface area contributed by atoms with Gasteiger partial charge < -0.3 is 5.53 Å². The minimum absolute atomic E-state index is 0.210. The van der Waals surface area contributed by atoms with Gasteiger partial charge in [-0.05, 0) is 0 Å². The van der Waals surface area contributed by atoms with Gasteiger partial charge in [-0.1, -0.05) is 0 Å². The van der Waals surface area contributed by atoms with Crippen LogP contribution in [0.25, 0.3) is 5.53 Å². The maximum Gasteiger partial charge on any atom is 0.281 e. The van der Waals surface area contributed by atoms with Crippen LogP contribution in [0.2, 0.25) is 0 Å². The molecule has 1 saturated carbocycles. The summed E-state index contributed by atoms with van der Waals surface area (Å²) >= 11 is 0. The highest BCUT2D eigenvalue weighted by atomic mass is 16.2. The third kappa shape index (κ3) is 0.531. The highest BCUT2D eigenvalue weighted by Gasteiger charge is 2.62. The zero-order valence-electron chi connectivity index (χ0n) is 5.48. The third-order valence-corrected chi connectivity index (χ3v) is 2.03. The van der Waals surface area contributed by atoms with E-state index in [0.717, 1.165) is 0 Å². The minimum Gasteiger partial charge on any atom is -0.505 e. The number of hydrogen-bond acceptors (Lipinski definition) is 3. The van der Waals surface area contributed by atoms with Gasteiger partial charge in [0.25, 0.3) is 17.9 Å². The van der Waals surface area contributed by atoms with Crippen LogP contribution in [0.1, 0.15) is 6.42 Å². The molecule has 3 aliphatic rings. The lowest BCUT2D eigenvalue weighted by atomic mass is 9.79. The number of hydrogen-bond donors (Lipinski definition) is 0. The van der Waals surface area contributed by atoms with Gasteiger partial charge in [0.2, 0.25) is 11.6 Å². The second-order valence-corrected chi connectivity index (χ2v) is 2.70. The summed E-state index contributed by atoms with van der Waals surface area (Å²) in [6, 6.07) is -2.09. The molecule has 11 heavy (non-hydrogen) atoms. The number of fused-ring (bicyclic) bond motifs is 2. The molecular formula is C6H4N2O3. The summed E-state index contributed by atoms with van der Waals surface area (Å²) < 4.78 is 0.538. The summed E-state index contributed by atoms with van der Waals surface area (Å²) in [5.74, 6) is -1.45. The molecule has 0 aromatic rings. The topological polar surface area (TPSA) is 76.5 Å². The standard InChI is InChI=1S/C6H4N2O3/c7-8-4-2(9)1-3(10)5(8)6(4)11/h4-5H,1H2. The van der Waals surface area contributed by atoms with Gasteiger partial charge in [-0.15, -0.1) is 0 Å². The fourth-order valence-electron chi connectivity index (χ4n) is 1.45. The molecular weight excluding hydrogens is 148 g/mol. The van der Waals surface area contributed by atoms with Crippen molar-refractivity contribution >= 4 is 17.3 Å². The Hall–Kier alpha value is -1.39. The van der Waals surface area contributed by atoms with Gasteiger partial charge in [0.15, 0.2) is 0 Å². The van der Waals surface area contributed by atoms with Crippen LogP contribution in [0.4, 0.5) is 0 Å². The van der Waals surface area contributed by atoms with Crippen LogP contribution in [0.15, 0.2) is 0 Å². The average molecular weight is 152 g/mol. The summed E-state index contributed by atoms with van der Waals surface area (Å²) in [5, 5.41) is 0. The molecule has 0 N–H and O–H groups in total. The van der Waals surface area contributed by atoms with Gasteiger partial charge in [-0.2, -0.15) is 0 Å². The molecule has 2 unspecified atom stereocenters. The van der Waals surface area contributed by atoms with E-state index in [0.29, 0.717) is 4.70 Å². The molecule has 2 aliphatic heterocycles. The van der Waals surface area contributed by atoms with Crippen LogP contribution in [0.3, 0.4) is 0 Å². The molecule has 1 aliphatic carbocycles. The fourth-order valence-corrected chi connectivity index (χ4v) is 1.45.